The van der Waals surface area contributed by atoms with Crippen LogP contribution in [0.1, 0.15) is 12.5 Å². The lowest BCUT2D eigenvalue weighted by Crippen LogP contribution is -2.25. The van der Waals surface area contributed by atoms with Crippen molar-refractivity contribution in [3.63, 3.8) is 0 Å². The number of carbonyl (C=O) groups is 2. The maximum absolute atomic E-state index is 11.6. The molecule has 0 saturated heterocycles. The Balaban J connectivity index is 2.87. The summed E-state index contributed by atoms with van der Waals surface area (Å²) >= 11 is 0. The number of aliphatic carboxylic acids is 1. The number of rotatable bonds is 5. The maximum Gasteiger partial charge on any atom is 0.328 e. The number of hydrogen-bond acceptors (Lipinski definition) is 2. The summed E-state index contributed by atoms with van der Waals surface area (Å²) in [6, 6.07) is 9.67. The van der Waals surface area contributed by atoms with Gasteiger partial charge in [-0.05, 0) is 17.9 Å². The standard InChI is InChI=1S/C14H17NO3/c1-10(8-11-6-4-3-5-7-11)12(9-13(16)17)14(18)15-2/h3-7,9-10H,8H2,1-2H3,(H,15,18)(H,16,17)/b12-9-. The number of carbonyl (C=O) groups excluding carboxylic acids is 1. The van der Waals surface area contributed by atoms with Crippen molar-refractivity contribution in [2.24, 2.45) is 5.92 Å². The minimum atomic E-state index is -1.10. The van der Waals surface area contributed by atoms with Crippen LogP contribution in [0.15, 0.2) is 42.0 Å². The molecular weight excluding hydrogens is 230 g/mol. The Morgan fingerprint density at radius 1 is 1.33 bits per heavy atom. The van der Waals surface area contributed by atoms with E-state index < -0.39 is 5.97 Å². The topological polar surface area (TPSA) is 66.4 Å². The van der Waals surface area contributed by atoms with E-state index in [1.807, 2.05) is 37.3 Å². The minimum Gasteiger partial charge on any atom is -0.478 e. The molecule has 0 bridgehead atoms. The Kier molecular flexibility index (Phi) is 5.11. The third-order valence-corrected chi connectivity index (χ3v) is 2.68. The first-order valence-electron chi connectivity index (χ1n) is 5.75. The van der Waals surface area contributed by atoms with Gasteiger partial charge in [-0.3, -0.25) is 4.79 Å². The second-order valence-electron chi connectivity index (χ2n) is 4.11. The molecule has 0 saturated carbocycles. The number of amides is 1. The Hall–Kier alpha value is -2.10. The molecular formula is C14H17NO3. The average molecular weight is 247 g/mol. The van der Waals surface area contributed by atoms with Gasteiger partial charge in [0, 0.05) is 18.7 Å². The molecule has 1 atom stereocenters. The summed E-state index contributed by atoms with van der Waals surface area (Å²) in [5.41, 5.74) is 1.36. The van der Waals surface area contributed by atoms with Crippen LogP contribution >= 0.6 is 0 Å². The van der Waals surface area contributed by atoms with Gasteiger partial charge in [-0.2, -0.15) is 0 Å². The third kappa shape index (κ3) is 4.05. The number of nitrogens with one attached hydrogen (secondary N) is 1. The molecule has 0 aliphatic rings. The summed E-state index contributed by atoms with van der Waals surface area (Å²) in [6.45, 7) is 1.84. The van der Waals surface area contributed by atoms with Crippen LogP contribution in [-0.2, 0) is 16.0 Å². The highest BCUT2D eigenvalue weighted by Crippen LogP contribution is 2.17. The van der Waals surface area contributed by atoms with E-state index in [0.29, 0.717) is 6.42 Å². The first-order chi connectivity index (χ1) is 8.54. The molecule has 0 aliphatic carbocycles. The predicted molar refractivity (Wildman–Crippen MR) is 69.1 cm³/mol. The van der Waals surface area contributed by atoms with Gasteiger partial charge in [0.15, 0.2) is 0 Å². The molecule has 1 rings (SSSR count). The van der Waals surface area contributed by atoms with E-state index in [-0.39, 0.29) is 17.4 Å². The lowest BCUT2D eigenvalue weighted by molar-refractivity contribution is -0.132. The zero-order chi connectivity index (χ0) is 13.5. The summed E-state index contributed by atoms with van der Waals surface area (Å²) in [4.78, 5) is 22.4. The summed E-state index contributed by atoms with van der Waals surface area (Å²) in [5.74, 6) is -1.60. The SMILES string of the molecule is CNC(=O)/C(=C\C(=O)O)C(C)Cc1ccccc1. The molecule has 96 valence electrons. The van der Waals surface area contributed by atoms with E-state index in [9.17, 15) is 9.59 Å². The largest absolute Gasteiger partial charge is 0.478 e. The fourth-order valence-electron chi connectivity index (χ4n) is 1.79. The molecule has 4 heteroatoms. The van der Waals surface area contributed by atoms with Crippen molar-refractivity contribution >= 4 is 11.9 Å². The van der Waals surface area contributed by atoms with Gasteiger partial charge < -0.3 is 10.4 Å². The van der Waals surface area contributed by atoms with Gasteiger partial charge >= 0.3 is 5.97 Å². The second kappa shape index (κ2) is 6.59. The van der Waals surface area contributed by atoms with Crippen LogP contribution < -0.4 is 5.32 Å². The first-order valence-corrected chi connectivity index (χ1v) is 5.75. The van der Waals surface area contributed by atoms with E-state index >= 15 is 0 Å². The Morgan fingerprint density at radius 2 is 1.94 bits per heavy atom. The molecule has 2 N–H and O–H groups in total. The molecule has 1 aromatic rings. The molecule has 1 amide bonds. The molecule has 1 aromatic carbocycles. The van der Waals surface area contributed by atoms with Crippen LogP contribution in [0.25, 0.3) is 0 Å². The van der Waals surface area contributed by atoms with Crippen molar-refractivity contribution in [2.75, 3.05) is 7.05 Å². The Bertz CT molecular complexity index is 451. The summed E-state index contributed by atoms with van der Waals surface area (Å²) in [5, 5.41) is 11.3. The molecule has 1 unspecified atom stereocenters. The normalized spacial score (nSPS) is 12.9. The fraction of sp³-hybridized carbons (Fsp3) is 0.286. The smallest absolute Gasteiger partial charge is 0.328 e. The third-order valence-electron chi connectivity index (χ3n) is 2.68. The van der Waals surface area contributed by atoms with Crippen molar-refractivity contribution < 1.29 is 14.7 Å². The Labute approximate surface area is 106 Å². The summed E-state index contributed by atoms with van der Waals surface area (Å²) < 4.78 is 0. The summed E-state index contributed by atoms with van der Waals surface area (Å²) in [6.07, 6.45) is 1.61. The molecule has 0 aliphatic heterocycles. The van der Waals surface area contributed by atoms with Gasteiger partial charge in [0.25, 0.3) is 0 Å². The van der Waals surface area contributed by atoms with E-state index in [2.05, 4.69) is 5.32 Å². The molecule has 0 spiro atoms. The maximum atomic E-state index is 11.6. The molecule has 0 heterocycles. The second-order valence-corrected chi connectivity index (χ2v) is 4.11. The highest BCUT2D eigenvalue weighted by Gasteiger charge is 2.17. The number of carboxylic acid groups (broad SMARTS) is 1. The highest BCUT2D eigenvalue weighted by molar-refractivity contribution is 5.99. The number of carboxylic acids is 1. The molecule has 18 heavy (non-hydrogen) atoms. The van der Waals surface area contributed by atoms with Gasteiger partial charge in [0.2, 0.25) is 5.91 Å². The van der Waals surface area contributed by atoms with Crippen LogP contribution in [0, 0.1) is 5.92 Å². The highest BCUT2D eigenvalue weighted by atomic mass is 16.4. The number of likely N-dealkylation sites (N-methyl/N-ethyl adjacent to an activating group) is 1. The van der Waals surface area contributed by atoms with Crippen molar-refractivity contribution in [1.29, 1.82) is 0 Å². The zero-order valence-electron chi connectivity index (χ0n) is 10.5. The van der Waals surface area contributed by atoms with Crippen LogP contribution in [0.3, 0.4) is 0 Å². The number of benzene rings is 1. The van der Waals surface area contributed by atoms with Crippen LogP contribution in [0.4, 0.5) is 0 Å². The van der Waals surface area contributed by atoms with E-state index in [1.54, 1.807) is 0 Å². The van der Waals surface area contributed by atoms with Crippen LogP contribution in [0.2, 0.25) is 0 Å². The lowest BCUT2D eigenvalue weighted by Gasteiger charge is -2.14. The average Bonchev–Trinajstić information content (AvgIpc) is 2.36. The van der Waals surface area contributed by atoms with Gasteiger partial charge in [-0.15, -0.1) is 0 Å². The monoisotopic (exact) mass is 247 g/mol. The van der Waals surface area contributed by atoms with Crippen molar-refractivity contribution in [2.45, 2.75) is 13.3 Å². The van der Waals surface area contributed by atoms with E-state index in [1.165, 1.54) is 7.05 Å². The molecule has 4 nitrogen and oxygen atoms in total. The predicted octanol–water partition coefficient (Wildman–Crippen LogP) is 1.62. The first kappa shape index (κ1) is 14.0. The van der Waals surface area contributed by atoms with Crippen LogP contribution in [-0.4, -0.2) is 24.0 Å². The van der Waals surface area contributed by atoms with Crippen molar-refractivity contribution in [3.05, 3.63) is 47.5 Å². The van der Waals surface area contributed by atoms with Gasteiger partial charge in [0.05, 0.1) is 0 Å². The quantitative estimate of drug-likeness (QED) is 0.777. The molecule has 0 fully saturated rings. The van der Waals surface area contributed by atoms with Gasteiger partial charge in [-0.1, -0.05) is 37.3 Å². The Morgan fingerprint density at radius 3 is 2.44 bits per heavy atom. The van der Waals surface area contributed by atoms with Gasteiger partial charge in [-0.25, -0.2) is 4.79 Å². The van der Waals surface area contributed by atoms with Gasteiger partial charge in [0.1, 0.15) is 0 Å². The lowest BCUT2D eigenvalue weighted by atomic mass is 9.92. The summed E-state index contributed by atoms with van der Waals surface area (Å²) in [7, 11) is 1.49. The molecule has 0 aromatic heterocycles. The van der Waals surface area contributed by atoms with E-state index in [4.69, 9.17) is 5.11 Å². The van der Waals surface area contributed by atoms with E-state index in [0.717, 1.165) is 11.6 Å². The van der Waals surface area contributed by atoms with Crippen LogP contribution in [0.5, 0.6) is 0 Å². The zero-order valence-corrected chi connectivity index (χ0v) is 10.5. The van der Waals surface area contributed by atoms with Crippen molar-refractivity contribution in [3.8, 4) is 0 Å². The number of hydrogen-bond donors (Lipinski definition) is 2. The minimum absolute atomic E-state index is 0.150. The molecule has 0 radical (unpaired) electrons. The fourth-order valence-corrected chi connectivity index (χ4v) is 1.79. The van der Waals surface area contributed by atoms with Crippen molar-refractivity contribution in [1.82, 2.24) is 5.32 Å².